The van der Waals surface area contributed by atoms with E-state index in [9.17, 15) is 9.79 Å². The van der Waals surface area contributed by atoms with Gasteiger partial charge in [0.25, 0.3) is 0 Å². The van der Waals surface area contributed by atoms with Gasteiger partial charge >= 0.3 is 7.15 Å². The first-order valence-corrected chi connectivity index (χ1v) is 7.89. The topological polar surface area (TPSA) is 40.5 Å². The molecule has 0 saturated carbocycles. The van der Waals surface area contributed by atoms with E-state index >= 15 is 0 Å². The lowest BCUT2D eigenvalue weighted by atomic mass is 10.4. The van der Waals surface area contributed by atoms with Gasteiger partial charge in [0.05, 0.1) is 9.79 Å². The second-order valence-electron chi connectivity index (χ2n) is 3.16. The average Bonchev–Trinajstić information content (AvgIpc) is 2.31. The Labute approximate surface area is 97.7 Å². The SMILES string of the molecule is O[P+](O)=S(c1ccccc1)c1ccccc1. The van der Waals surface area contributed by atoms with Crippen LogP contribution in [-0.2, 0) is 10.1 Å². The van der Waals surface area contributed by atoms with Gasteiger partial charge in [-0.3, -0.25) is 0 Å². The number of hydrogen-bond donors (Lipinski definition) is 2. The molecule has 0 bridgehead atoms. The molecule has 2 aromatic carbocycles. The van der Waals surface area contributed by atoms with Crippen molar-refractivity contribution < 1.29 is 9.79 Å². The van der Waals surface area contributed by atoms with Gasteiger partial charge in [-0.2, -0.15) is 9.79 Å². The van der Waals surface area contributed by atoms with Crippen molar-refractivity contribution in [3.8, 4) is 0 Å². The molecule has 82 valence electrons. The van der Waals surface area contributed by atoms with Crippen LogP contribution in [0.4, 0.5) is 0 Å². The molecule has 0 atom stereocenters. The summed E-state index contributed by atoms with van der Waals surface area (Å²) in [4.78, 5) is 21.0. The molecule has 0 heterocycles. The maximum Gasteiger partial charge on any atom is 0.468 e. The molecule has 0 spiro atoms. The maximum atomic E-state index is 9.55. The third-order valence-electron chi connectivity index (χ3n) is 2.10. The molecule has 0 aromatic heterocycles. The highest BCUT2D eigenvalue weighted by Gasteiger charge is 2.17. The zero-order valence-electron chi connectivity index (χ0n) is 8.52. The second kappa shape index (κ2) is 5.37. The Balaban J connectivity index is 2.54. The summed E-state index contributed by atoms with van der Waals surface area (Å²) in [6.07, 6.45) is 0. The van der Waals surface area contributed by atoms with E-state index in [1.165, 1.54) is 0 Å². The Hall–Kier alpha value is -0.990. The first kappa shape index (κ1) is 11.5. The molecule has 2 rings (SSSR count). The van der Waals surface area contributed by atoms with Crippen molar-refractivity contribution in [2.45, 2.75) is 9.79 Å². The minimum atomic E-state index is -1.99. The highest BCUT2D eigenvalue weighted by molar-refractivity contribution is 8.23. The van der Waals surface area contributed by atoms with Crippen LogP contribution >= 0.6 is 7.15 Å². The molecule has 2 aromatic rings. The number of rotatable bonds is 2. The van der Waals surface area contributed by atoms with Crippen molar-refractivity contribution in [1.82, 2.24) is 0 Å². The summed E-state index contributed by atoms with van der Waals surface area (Å²) < 4.78 is 0. The lowest BCUT2D eigenvalue weighted by Crippen LogP contribution is -1.91. The first-order chi connectivity index (χ1) is 7.79. The average molecular weight is 251 g/mol. The molecule has 0 saturated heterocycles. The van der Waals surface area contributed by atoms with Crippen LogP contribution in [0.3, 0.4) is 0 Å². The third-order valence-corrected chi connectivity index (χ3v) is 6.10. The standard InChI is InChI=1S/C12H12O2PS/c13-15(14)16(11-7-3-1-4-8-11)12-9-5-2-6-10-12/h1-10,13-14H/q+1. The molecule has 0 radical (unpaired) electrons. The molecule has 0 aliphatic rings. The third kappa shape index (κ3) is 2.57. The van der Waals surface area contributed by atoms with Crippen molar-refractivity contribution >= 4 is 17.2 Å². The summed E-state index contributed by atoms with van der Waals surface area (Å²) in [6.45, 7) is 0. The lowest BCUT2D eigenvalue weighted by molar-refractivity contribution is 0.509. The Kier molecular flexibility index (Phi) is 3.86. The van der Waals surface area contributed by atoms with E-state index in [-0.39, 0.29) is 0 Å². The molecule has 0 fully saturated rings. The zero-order valence-corrected chi connectivity index (χ0v) is 10.2. The molecule has 0 aliphatic heterocycles. The van der Waals surface area contributed by atoms with Crippen molar-refractivity contribution in [2.75, 3.05) is 0 Å². The van der Waals surface area contributed by atoms with E-state index in [1.807, 2.05) is 60.7 Å². The van der Waals surface area contributed by atoms with Gasteiger partial charge < -0.3 is 0 Å². The lowest BCUT2D eigenvalue weighted by Gasteiger charge is -2.01. The van der Waals surface area contributed by atoms with Gasteiger partial charge in [0.2, 0.25) is 0 Å². The Morgan fingerprint density at radius 2 is 1.06 bits per heavy atom. The summed E-state index contributed by atoms with van der Waals surface area (Å²) in [5.41, 5.74) is 0. The smallest absolute Gasteiger partial charge is 0.161 e. The van der Waals surface area contributed by atoms with E-state index in [4.69, 9.17) is 0 Å². The van der Waals surface area contributed by atoms with Gasteiger partial charge in [-0.15, -0.1) is 0 Å². The number of benzene rings is 2. The highest BCUT2D eigenvalue weighted by Crippen LogP contribution is 2.30. The van der Waals surface area contributed by atoms with Crippen LogP contribution in [0.15, 0.2) is 70.5 Å². The van der Waals surface area contributed by atoms with E-state index < -0.39 is 17.2 Å². The summed E-state index contributed by atoms with van der Waals surface area (Å²) in [6, 6.07) is 19.2. The molecule has 0 unspecified atom stereocenters. The van der Waals surface area contributed by atoms with Crippen LogP contribution in [0.1, 0.15) is 0 Å². The van der Waals surface area contributed by atoms with Crippen LogP contribution in [0.25, 0.3) is 0 Å². The van der Waals surface area contributed by atoms with E-state index in [0.717, 1.165) is 9.79 Å². The predicted octanol–water partition coefficient (Wildman–Crippen LogP) is 2.93. The van der Waals surface area contributed by atoms with Crippen LogP contribution < -0.4 is 0 Å². The van der Waals surface area contributed by atoms with Gasteiger partial charge in [0.1, 0.15) is 10.1 Å². The second-order valence-corrected chi connectivity index (χ2v) is 7.26. The van der Waals surface area contributed by atoms with Crippen LogP contribution in [0.2, 0.25) is 0 Å². The van der Waals surface area contributed by atoms with Crippen LogP contribution in [-0.4, -0.2) is 9.79 Å². The fraction of sp³-hybridized carbons (Fsp3) is 0. The molecular weight excluding hydrogens is 239 g/mol. The van der Waals surface area contributed by atoms with Crippen molar-refractivity contribution in [3.63, 3.8) is 0 Å². The Bertz CT molecular complexity index is 451. The fourth-order valence-corrected chi connectivity index (χ4v) is 4.76. The van der Waals surface area contributed by atoms with Gasteiger partial charge in [-0.05, 0) is 24.3 Å². The summed E-state index contributed by atoms with van der Waals surface area (Å²) >= 11 is 0. The molecular formula is C12H12O2PS+. The van der Waals surface area contributed by atoms with Gasteiger partial charge in [-0.25, -0.2) is 0 Å². The van der Waals surface area contributed by atoms with Crippen molar-refractivity contribution in [3.05, 3.63) is 60.7 Å². The zero-order chi connectivity index (χ0) is 11.4. The summed E-state index contributed by atoms with van der Waals surface area (Å²) in [5, 5.41) is 0. The van der Waals surface area contributed by atoms with E-state index in [2.05, 4.69) is 0 Å². The summed E-state index contributed by atoms with van der Waals surface area (Å²) in [7, 11) is -2.62. The first-order valence-electron chi connectivity index (χ1n) is 4.81. The number of hydrogen-bond acceptors (Lipinski definition) is 0. The molecule has 16 heavy (non-hydrogen) atoms. The van der Waals surface area contributed by atoms with Crippen LogP contribution in [0, 0.1) is 0 Å². The Morgan fingerprint density at radius 1 is 0.688 bits per heavy atom. The summed E-state index contributed by atoms with van der Waals surface area (Å²) in [5.74, 6) is 0. The Morgan fingerprint density at radius 3 is 1.38 bits per heavy atom. The minimum absolute atomic E-state index is 0.627. The van der Waals surface area contributed by atoms with Gasteiger partial charge in [0.15, 0.2) is 0 Å². The van der Waals surface area contributed by atoms with Crippen LogP contribution in [0.5, 0.6) is 0 Å². The monoisotopic (exact) mass is 251 g/mol. The van der Waals surface area contributed by atoms with E-state index in [0.29, 0.717) is 0 Å². The molecule has 2 nitrogen and oxygen atoms in total. The van der Waals surface area contributed by atoms with Crippen molar-refractivity contribution in [1.29, 1.82) is 0 Å². The predicted molar refractivity (Wildman–Crippen MR) is 68.1 cm³/mol. The highest BCUT2D eigenvalue weighted by atomic mass is 32.5. The van der Waals surface area contributed by atoms with Gasteiger partial charge in [0, 0.05) is 0 Å². The van der Waals surface area contributed by atoms with E-state index in [1.54, 1.807) is 0 Å². The molecule has 4 heteroatoms. The maximum absolute atomic E-state index is 9.55. The fourth-order valence-electron chi connectivity index (χ4n) is 1.42. The molecule has 2 N–H and O–H groups in total. The minimum Gasteiger partial charge on any atom is -0.161 e. The molecule has 0 amide bonds. The molecule has 0 aliphatic carbocycles. The quantitative estimate of drug-likeness (QED) is 0.806. The largest absolute Gasteiger partial charge is 0.468 e. The van der Waals surface area contributed by atoms with Crippen molar-refractivity contribution in [2.24, 2.45) is 0 Å². The van der Waals surface area contributed by atoms with Gasteiger partial charge in [-0.1, -0.05) is 36.4 Å². The normalized spacial score (nSPS) is 10.4.